The lowest BCUT2D eigenvalue weighted by molar-refractivity contribution is 0.851. The van der Waals surface area contributed by atoms with E-state index in [1.807, 2.05) is 25.1 Å². The van der Waals surface area contributed by atoms with Gasteiger partial charge in [0.25, 0.3) is 0 Å². The highest BCUT2D eigenvalue weighted by Crippen LogP contribution is 2.23. The Bertz CT molecular complexity index is 609. The van der Waals surface area contributed by atoms with Gasteiger partial charge in [0.2, 0.25) is 5.95 Å². The highest BCUT2D eigenvalue weighted by atomic mass is 79.9. The van der Waals surface area contributed by atoms with Gasteiger partial charge in [-0.3, -0.25) is 0 Å². The molecule has 0 saturated heterocycles. The number of aryl methyl sites for hydroxylation is 1. The maximum absolute atomic E-state index is 11.8. The van der Waals surface area contributed by atoms with Crippen LogP contribution in [0.25, 0.3) is 5.69 Å². The van der Waals surface area contributed by atoms with E-state index in [4.69, 9.17) is 5.73 Å². The van der Waals surface area contributed by atoms with E-state index in [0.29, 0.717) is 0 Å². The Morgan fingerprint density at radius 2 is 2.24 bits per heavy atom. The first-order valence-corrected chi connectivity index (χ1v) is 5.91. The van der Waals surface area contributed by atoms with Gasteiger partial charge in [-0.2, -0.15) is 4.98 Å². The molecule has 2 aromatic rings. The van der Waals surface area contributed by atoms with E-state index in [9.17, 15) is 4.79 Å². The molecule has 17 heavy (non-hydrogen) atoms. The van der Waals surface area contributed by atoms with Crippen molar-refractivity contribution in [2.24, 2.45) is 0 Å². The average molecular weight is 295 g/mol. The van der Waals surface area contributed by atoms with Crippen LogP contribution in [0, 0.1) is 0 Å². The highest BCUT2D eigenvalue weighted by Gasteiger charge is 2.10. The summed E-state index contributed by atoms with van der Waals surface area (Å²) >= 11 is 3.43. The zero-order valence-electron chi connectivity index (χ0n) is 9.22. The second-order valence-corrected chi connectivity index (χ2v) is 4.32. The molecule has 0 fully saturated rings. The van der Waals surface area contributed by atoms with Gasteiger partial charge in [0.05, 0.1) is 5.69 Å². The van der Waals surface area contributed by atoms with E-state index in [1.165, 1.54) is 10.9 Å². The lowest BCUT2D eigenvalue weighted by Crippen LogP contribution is -2.24. The Balaban J connectivity index is 2.72. The summed E-state index contributed by atoms with van der Waals surface area (Å²) < 4.78 is 2.21. The normalized spacial score (nSPS) is 10.5. The number of nitrogen functional groups attached to an aromatic ring is 1. The molecule has 0 spiro atoms. The first-order valence-electron chi connectivity index (χ1n) is 5.12. The molecule has 1 aromatic heterocycles. The Hall–Kier alpha value is -1.69. The van der Waals surface area contributed by atoms with Gasteiger partial charge in [0.1, 0.15) is 6.33 Å². The summed E-state index contributed by atoms with van der Waals surface area (Å²) in [6.45, 7) is 2.02. The van der Waals surface area contributed by atoms with Gasteiger partial charge in [0.15, 0.2) is 0 Å². The van der Waals surface area contributed by atoms with Crippen LogP contribution in [0.3, 0.4) is 0 Å². The maximum Gasteiger partial charge on any atom is 0.356 e. The second-order valence-electron chi connectivity index (χ2n) is 3.47. The molecule has 6 heteroatoms. The summed E-state index contributed by atoms with van der Waals surface area (Å²) in [5, 5.41) is 0. The Morgan fingerprint density at radius 1 is 1.47 bits per heavy atom. The van der Waals surface area contributed by atoms with Crippen molar-refractivity contribution in [3.8, 4) is 5.69 Å². The molecule has 0 aliphatic heterocycles. The average Bonchev–Trinajstić information content (AvgIpc) is 2.30. The topological polar surface area (TPSA) is 73.8 Å². The van der Waals surface area contributed by atoms with Crippen molar-refractivity contribution in [3.05, 3.63) is 45.0 Å². The van der Waals surface area contributed by atoms with Crippen molar-refractivity contribution < 1.29 is 0 Å². The molecule has 1 heterocycles. The van der Waals surface area contributed by atoms with Gasteiger partial charge in [-0.15, -0.1) is 0 Å². The number of hydrogen-bond acceptors (Lipinski definition) is 4. The molecule has 0 bridgehead atoms. The zero-order chi connectivity index (χ0) is 12.4. The predicted molar refractivity (Wildman–Crippen MR) is 69.1 cm³/mol. The SMILES string of the molecule is CCc1cccc(Br)c1-n1cnc(N)nc1=O. The molecular weight excluding hydrogens is 284 g/mol. The third kappa shape index (κ3) is 2.21. The van der Waals surface area contributed by atoms with E-state index in [1.54, 1.807) is 0 Å². The number of rotatable bonds is 2. The minimum atomic E-state index is -0.431. The summed E-state index contributed by atoms with van der Waals surface area (Å²) in [7, 11) is 0. The van der Waals surface area contributed by atoms with Crippen molar-refractivity contribution in [3.63, 3.8) is 0 Å². The molecule has 0 atom stereocenters. The van der Waals surface area contributed by atoms with Crippen LogP contribution in [0.15, 0.2) is 33.8 Å². The number of benzene rings is 1. The van der Waals surface area contributed by atoms with Gasteiger partial charge in [0, 0.05) is 4.47 Å². The molecule has 2 N–H and O–H groups in total. The fraction of sp³-hybridized carbons (Fsp3) is 0.182. The molecule has 0 unspecified atom stereocenters. The number of nitrogens with two attached hydrogens (primary N) is 1. The van der Waals surface area contributed by atoms with E-state index < -0.39 is 5.69 Å². The third-order valence-electron chi connectivity index (χ3n) is 2.41. The molecular formula is C11H11BrN4O. The zero-order valence-corrected chi connectivity index (χ0v) is 10.8. The van der Waals surface area contributed by atoms with E-state index in [2.05, 4.69) is 25.9 Å². The number of anilines is 1. The largest absolute Gasteiger partial charge is 0.368 e. The van der Waals surface area contributed by atoms with Gasteiger partial charge in [-0.05, 0) is 34.0 Å². The van der Waals surface area contributed by atoms with Crippen LogP contribution in [0.5, 0.6) is 0 Å². The monoisotopic (exact) mass is 294 g/mol. The summed E-state index contributed by atoms with van der Waals surface area (Å²) in [5.74, 6) is -0.0173. The van der Waals surface area contributed by atoms with Crippen LogP contribution in [0.1, 0.15) is 12.5 Å². The summed E-state index contributed by atoms with van der Waals surface area (Å²) in [6, 6.07) is 5.76. The quantitative estimate of drug-likeness (QED) is 0.912. The Morgan fingerprint density at radius 3 is 2.88 bits per heavy atom. The van der Waals surface area contributed by atoms with Crippen LogP contribution in [-0.2, 0) is 6.42 Å². The van der Waals surface area contributed by atoms with Crippen LogP contribution in [0.2, 0.25) is 0 Å². The Labute approximate surface area is 106 Å². The maximum atomic E-state index is 11.8. The molecule has 5 nitrogen and oxygen atoms in total. The van der Waals surface area contributed by atoms with E-state index in [-0.39, 0.29) is 5.95 Å². The minimum absolute atomic E-state index is 0.0173. The summed E-state index contributed by atoms with van der Waals surface area (Å²) in [4.78, 5) is 19.2. The molecule has 2 rings (SSSR count). The number of aromatic nitrogens is 3. The molecule has 0 amide bonds. The van der Waals surface area contributed by atoms with Crippen LogP contribution >= 0.6 is 15.9 Å². The van der Waals surface area contributed by atoms with Crippen LogP contribution in [-0.4, -0.2) is 14.5 Å². The standard InChI is InChI=1S/C11H11BrN4O/c1-2-7-4-3-5-8(12)9(7)16-6-14-10(13)15-11(16)17/h3-6H,2H2,1H3,(H2,13,15,17). The second kappa shape index (κ2) is 4.67. The number of hydrogen-bond donors (Lipinski definition) is 1. The van der Waals surface area contributed by atoms with Gasteiger partial charge < -0.3 is 5.73 Å². The molecule has 0 saturated carbocycles. The smallest absolute Gasteiger partial charge is 0.356 e. The Kier molecular flexibility index (Phi) is 3.23. The van der Waals surface area contributed by atoms with Crippen molar-refractivity contribution >= 4 is 21.9 Å². The fourth-order valence-corrected chi connectivity index (χ4v) is 2.21. The summed E-state index contributed by atoms with van der Waals surface area (Å²) in [5.41, 5.74) is 6.74. The highest BCUT2D eigenvalue weighted by molar-refractivity contribution is 9.10. The first-order chi connectivity index (χ1) is 8.13. The fourth-order valence-electron chi connectivity index (χ4n) is 1.62. The van der Waals surface area contributed by atoms with E-state index in [0.717, 1.165) is 22.1 Å². The van der Waals surface area contributed by atoms with Gasteiger partial charge >= 0.3 is 5.69 Å². The third-order valence-corrected chi connectivity index (χ3v) is 3.05. The molecule has 88 valence electrons. The lowest BCUT2D eigenvalue weighted by atomic mass is 10.1. The van der Waals surface area contributed by atoms with Crippen LogP contribution in [0.4, 0.5) is 5.95 Å². The molecule has 0 aliphatic carbocycles. The molecule has 1 aromatic carbocycles. The van der Waals surface area contributed by atoms with Crippen molar-refractivity contribution in [1.82, 2.24) is 14.5 Å². The van der Waals surface area contributed by atoms with Gasteiger partial charge in [-0.1, -0.05) is 19.1 Å². The van der Waals surface area contributed by atoms with Crippen molar-refractivity contribution in [2.75, 3.05) is 5.73 Å². The summed E-state index contributed by atoms with van der Waals surface area (Å²) in [6.07, 6.45) is 2.20. The van der Waals surface area contributed by atoms with Crippen molar-refractivity contribution in [2.45, 2.75) is 13.3 Å². The minimum Gasteiger partial charge on any atom is -0.368 e. The first kappa shape index (κ1) is 11.8. The van der Waals surface area contributed by atoms with Crippen LogP contribution < -0.4 is 11.4 Å². The lowest BCUT2D eigenvalue weighted by Gasteiger charge is -2.11. The van der Waals surface area contributed by atoms with E-state index >= 15 is 0 Å². The predicted octanol–water partition coefficient (Wildman–Crippen LogP) is 1.53. The molecule has 0 aliphatic rings. The molecule has 0 radical (unpaired) electrons. The number of para-hydroxylation sites is 1. The number of nitrogens with zero attached hydrogens (tertiary/aromatic N) is 3. The number of halogens is 1. The van der Waals surface area contributed by atoms with Gasteiger partial charge in [-0.25, -0.2) is 14.3 Å². The van der Waals surface area contributed by atoms with Crippen molar-refractivity contribution in [1.29, 1.82) is 0 Å².